The van der Waals surface area contributed by atoms with Crippen molar-refractivity contribution in [1.29, 1.82) is 0 Å². The van der Waals surface area contributed by atoms with Crippen molar-refractivity contribution in [3.63, 3.8) is 0 Å². The van der Waals surface area contributed by atoms with E-state index in [-0.39, 0.29) is 0 Å². The zero-order chi connectivity index (χ0) is 23.3. The summed E-state index contributed by atoms with van der Waals surface area (Å²) in [5, 5.41) is 3.82. The van der Waals surface area contributed by atoms with Crippen molar-refractivity contribution in [3.05, 3.63) is 70.3 Å². The molecule has 2 saturated carbocycles. The van der Waals surface area contributed by atoms with Crippen molar-refractivity contribution in [3.8, 4) is 0 Å². The molecule has 1 saturated heterocycles. The van der Waals surface area contributed by atoms with E-state index >= 15 is 0 Å². The van der Waals surface area contributed by atoms with Gasteiger partial charge < -0.3 is 5.32 Å². The van der Waals surface area contributed by atoms with Gasteiger partial charge in [-0.25, -0.2) is 0 Å². The van der Waals surface area contributed by atoms with Gasteiger partial charge in [-0.15, -0.1) is 0 Å². The third-order valence-corrected chi connectivity index (χ3v) is 8.90. The van der Waals surface area contributed by atoms with Gasteiger partial charge in [-0.3, -0.25) is 4.90 Å². The van der Waals surface area contributed by atoms with Gasteiger partial charge in [0.15, 0.2) is 0 Å². The first-order valence-corrected chi connectivity index (χ1v) is 14.4. The van der Waals surface area contributed by atoms with Gasteiger partial charge in [0.1, 0.15) is 0 Å². The van der Waals surface area contributed by atoms with Gasteiger partial charge in [-0.1, -0.05) is 94.8 Å². The molecular formula is C32H46N2. The first-order chi connectivity index (χ1) is 16.7. The van der Waals surface area contributed by atoms with E-state index in [1.165, 1.54) is 80.9 Å². The van der Waals surface area contributed by atoms with Crippen molar-refractivity contribution in [2.24, 2.45) is 0 Å². The summed E-state index contributed by atoms with van der Waals surface area (Å²) in [5.74, 6) is 2.19. The Bertz CT molecular complexity index is 920. The third-order valence-electron chi connectivity index (χ3n) is 8.90. The topological polar surface area (TPSA) is 15.3 Å². The number of hydrogen-bond acceptors (Lipinski definition) is 2. The fraction of sp³-hybridized carbons (Fsp3) is 0.625. The number of hydrogen-bond donors (Lipinski definition) is 1. The molecule has 1 heterocycles. The highest BCUT2D eigenvalue weighted by Crippen LogP contribution is 2.41. The largest absolute Gasteiger partial charge is 0.308 e. The Labute approximate surface area is 208 Å². The van der Waals surface area contributed by atoms with Crippen LogP contribution in [0.2, 0.25) is 0 Å². The number of nitrogens with one attached hydrogen (secondary N) is 1. The van der Waals surface area contributed by atoms with E-state index < -0.39 is 0 Å². The molecule has 2 aliphatic carbocycles. The highest BCUT2D eigenvalue weighted by Gasteiger charge is 2.26. The van der Waals surface area contributed by atoms with Gasteiger partial charge in [0.2, 0.25) is 0 Å². The zero-order valence-corrected chi connectivity index (χ0v) is 21.7. The van der Waals surface area contributed by atoms with Crippen molar-refractivity contribution in [2.75, 3.05) is 19.6 Å². The average Bonchev–Trinajstić information content (AvgIpc) is 2.90. The molecule has 0 bridgehead atoms. The van der Waals surface area contributed by atoms with Crippen molar-refractivity contribution < 1.29 is 0 Å². The third kappa shape index (κ3) is 5.60. The van der Waals surface area contributed by atoms with E-state index in [0.717, 1.165) is 38.0 Å². The fourth-order valence-corrected chi connectivity index (χ4v) is 7.05. The SMILES string of the molecule is CC(C)c1ccccc1[C@@H]1CN(Cc2ccc(C3CCCCC3)c(C3CCCCC3)c2)CCN1. The molecule has 0 spiro atoms. The number of rotatable bonds is 6. The molecule has 0 aromatic heterocycles. The van der Waals surface area contributed by atoms with E-state index in [2.05, 4.69) is 66.5 Å². The number of benzene rings is 2. The molecule has 1 atom stereocenters. The summed E-state index contributed by atoms with van der Waals surface area (Å²) in [7, 11) is 0. The van der Waals surface area contributed by atoms with Gasteiger partial charge in [0.25, 0.3) is 0 Å². The van der Waals surface area contributed by atoms with Crippen molar-refractivity contribution in [1.82, 2.24) is 10.2 Å². The molecule has 2 heteroatoms. The molecule has 2 nitrogen and oxygen atoms in total. The Balaban J connectivity index is 1.34. The Morgan fingerprint density at radius 1 is 0.794 bits per heavy atom. The Kier molecular flexibility index (Phi) is 8.07. The van der Waals surface area contributed by atoms with Gasteiger partial charge in [0.05, 0.1) is 0 Å². The maximum Gasteiger partial charge on any atom is 0.0452 e. The first kappa shape index (κ1) is 24.1. The minimum absolute atomic E-state index is 0.437. The van der Waals surface area contributed by atoms with Crippen LogP contribution in [0.5, 0.6) is 0 Å². The fourth-order valence-electron chi connectivity index (χ4n) is 7.05. The van der Waals surface area contributed by atoms with Crippen molar-refractivity contribution >= 4 is 0 Å². The highest BCUT2D eigenvalue weighted by molar-refractivity contribution is 5.38. The molecule has 2 aromatic rings. The summed E-state index contributed by atoms with van der Waals surface area (Å²) >= 11 is 0. The molecule has 3 fully saturated rings. The molecule has 3 aliphatic rings. The van der Waals surface area contributed by atoms with Crippen LogP contribution < -0.4 is 5.32 Å². The van der Waals surface area contributed by atoms with E-state index in [4.69, 9.17) is 0 Å². The van der Waals surface area contributed by atoms with E-state index in [0.29, 0.717) is 12.0 Å². The van der Waals surface area contributed by atoms with Crippen LogP contribution in [-0.2, 0) is 6.54 Å². The Morgan fingerprint density at radius 3 is 2.18 bits per heavy atom. The van der Waals surface area contributed by atoms with Crippen LogP contribution in [0.25, 0.3) is 0 Å². The summed E-state index contributed by atoms with van der Waals surface area (Å²) < 4.78 is 0. The molecule has 1 N–H and O–H groups in total. The van der Waals surface area contributed by atoms with E-state index in [1.807, 2.05) is 0 Å². The molecule has 34 heavy (non-hydrogen) atoms. The monoisotopic (exact) mass is 458 g/mol. The lowest BCUT2D eigenvalue weighted by atomic mass is 9.75. The second-order valence-corrected chi connectivity index (χ2v) is 11.7. The van der Waals surface area contributed by atoms with Crippen LogP contribution in [0.15, 0.2) is 42.5 Å². The van der Waals surface area contributed by atoms with Gasteiger partial charge in [-0.05, 0) is 71.3 Å². The maximum absolute atomic E-state index is 3.82. The second kappa shape index (κ2) is 11.4. The number of piperazine rings is 1. The van der Waals surface area contributed by atoms with Crippen LogP contribution in [0.4, 0.5) is 0 Å². The average molecular weight is 459 g/mol. The summed E-state index contributed by atoms with van der Waals surface area (Å²) in [6, 6.07) is 17.2. The molecular weight excluding hydrogens is 412 g/mol. The standard InChI is InChI=1S/C32H46N2/c1-24(2)28-15-9-10-16-30(28)32-23-34(20-19-33-32)22-25-17-18-29(26-11-5-3-6-12-26)31(21-25)27-13-7-4-8-14-27/h9-10,15-18,21,24,26-27,32-33H,3-8,11-14,19-20,22-23H2,1-2H3/t32-/m0/s1. The van der Waals surface area contributed by atoms with Gasteiger partial charge in [-0.2, -0.15) is 0 Å². The summed E-state index contributed by atoms with van der Waals surface area (Å²) in [6.45, 7) is 9.05. The van der Waals surface area contributed by atoms with Crippen LogP contribution in [0, 0.1) is 0 Å². The van der Waals surface area contributed by atoms with Crippen LogP contribution >= 0.6 is 0 Å². The van der Waals surface area contributed by atoms with Crippen molar-refractivity contribution in [2.45, 2.75) is 108 Å². The Hall–Kier alpha value is -1.64. The molecule has 5 rings (SSSR count). The molecule has 184 valence electrons. The summed E-state index contributed by atoms with van der Waals surface area (Å²) in [5.41, 5.74) is 7.99. The minimum atomic E-state index is 0.437. The Morgan fingerprint density at radius 2 is 1.47 bits per heavy atom. The molecule has 0 unspecified atom stereocenters. The highest BCUT2D eigenvalue weighted by atomic mass is 15.2. The zero-order valence-electron chi connectivity index (χ0n) is 21.7. The van der Waals surface area contributed by atoms with E-state index in [1.54, 1.807) is 11.1 Å². The minimum Gasteiger partial charge on any atom is -0.308 e. The molecule has 0 radical (unpaired) electrons. The lowest BCUT2D eigenvalue weighted by Crippen LogP contribution is -2.45. The predicted octanol–water partition coefficient (Wildman–Crippen LogP) is 8.05. The molecule has 0 amide bonds. The quantitative estimate of drug-likeness (QED) is 0.471. The van der Waals surface area contributed by atoms with Gasteiger partial charge >= 0.3 is 0 Å². The van der Waals surface area contributed by atoms with Gasteiger partial charge in [0, 0.05) is 32.2 Å². The van der Waals surface area contributed by atoms with Crippen LogP contribution in [-0.4, -0.2) is 24.5 Å². The lowest BCUT2D eigenvalue weighted by molar-refractivity contribution is 0.192. The van der Waals surface area contributed by atoms with Crippen LogP contribution in [0.1, 0.15) is 130 Å². The molecule has 1 aliphatic heterocycles. The number of nitrogens with zero attached hydrogens (tertiary/aromatic N) is 1. The summed E-state index contributed by atoms with van der Waals surface area (Å²) in [6.07, 6.45) is 14.2. The lowest BCUT2D eigenvalue weighted by Gasteiger charge is -2.36. The van der Waals surface area contributed by atoms with Crippen LogP contribution in [0.3, 0.4) is 0 Å². The summed E-state index contributed by atoms with van der Waals surface area (Å²) in [4.78, 5) is 2.69. The first-order valence-electron chi connectivity index (χ1n) is 14.4. The smallest absolute Gasteiger partial charge is 0.0452 e. The second-order valence-electron chi connectivity index (χ2n) is 11.7. The molecule has 2 aromatic carbocycles. The van der Waals surface area contributed by atoms with E-state index in [9.17, 15) is 0 Å². The normalized spacial score (nSPS) is 23.4. The predicted molar refractivity (Wildman–Crippen MR) is 145 cm³/mol. The maximum atomic E-state index is 3.82.